The molecule has 1 aliphatic heterocycles. The van der Waals surface area contributed by atoms with Crippen molar-refractivity contribution in [1.29, 1.82) is 0 Å². The van der Waals surface area contributed by atoms with Crippen LogP contribution in [0.3, 0.4) is 0 Å². The number of benzene rings is 1. The van der Waals surface area contributed by atoms with Crippen molar-refractivity contribution in [2.24, 2.45) is 0 Å². The molecule has 1 fully saturated rings. The van der Waals surface area contributed by atoms with E-state index in [9.17, 15) is 5.11 Å². The van der Waals surface area contributed by atoms with Gasteiger partial charge in [-0.05, 0) is 42.6 Å². The van der Waals surface area contributed by atoms with Crippen LogP contribution < -0.4 is 5.32 Å². The summed E-state index contributed by atoms with van der Waals surface area (Å²) in [5.74, 6) is 0.627. The lowest BCUT2D eigenvalue weighted by atomic mass is 9.94. The predicted octanol–water partition coefficient (Wildman–Crippen LogP) is 3.36. The Morgan fingerprint density at radius 1 is 1.25 bits per heavy atom. The molecule has 5 heteroatoms. The molecular weight excluding hydrogens is 300 g/mol. The summed E-state index contributed by atoms with van der Waals surface area (Å²) in [6.45, 7) is 5.53. The summed E-state index contributed by atoms with van der Waals surface area (Å²) in [5.41, 5.74) is 4.80. The number of phenols is 1. The third kappa shape index (κ3) is 2.55. The second-order valence-electron chi connectivity index (χ2n) is 6.82. The molecule has 1 unspecified atom stereocenters. The predicted molar refractivity (Wildman–Crippen MR) is 95.2 cm³/mol. The van der Waals surface area contributed by atoms with Gasteiger partial charge in [0, 0.05) is 29.1 Å². The van der Waals surface area contributed by atoms with E-state index in [0.29, 0.717) is 23.2 Å². The van der Waals surface area contributed by atoms with Gasteiger partial charge in [-0.1, -0.05) is 26.0 Å². The SMILES string of the molecule is CC(C)c1c(CC2CCN2)[nH]c2nnc(-c3ccccc3O)cc12. The van der Waals surface area contributed by atoms with Crippen molar-refractivity contribution in [1.82, 2.24) is 20.5 Å². The molecule has 0 saturated carbocycles. The first kappa shape index (κ1) is 15.1. The topological polar surface area (TPSA) is 73.8 Å². The van der Waals surface area contributed by atoms with Crippen molar-refractivity contribution in [2.45, 2.75) is 38.6 Å². The van der Waals surface area contributed by atoms with Gasteiger partial charge >= 0.3 is 0 Å². The van der Waals surface area contributed by atoms with E-state index in [-0.39, 0.29) is 5.75 Å². The van der Waals surface area contributed by atoms with Crippen molar-refractivity contribution in [3.63, 3.8) is 0 Å². The Morgan fingerprint density at radius 2 is 2.04 bits per heavy atom. The van der Waals surface area contributed by atoms with Gasteiger partial charge in [0.2, 0.25) is 0 Å². The summed E-state index contributed by atoms with van der Waals surface area (Å²) in [6.07, 6.45) is 2.22. The normalized spacial score (nSPS) is 17.4. The fraction of sp³-hybridized carbons (Fsp3) is 0.368. The largest absolute Gasteiger partial charge is 0.507 e. The first-order chi connectivity index (χ1) is 11.6. The molecule has 1 aromatic carbocycles. The van der Waals surface area contributed by atoms with Gasteiger partial charge in [0.05, 0.1) is 5.69 Å². The van der Waals surface area contributed by atoms with Crippen LogP contribution in [0.25, 0.3) is 22.3 Å². The lowest BCUT2D eigenvalue weighted by Gasteiger charge is -2.27. The van der Waals surface area contributed by atoms with Crippen LogP contribution in [0.5, 0.6) is 5.75 Å². The third-order valence-electron chi connectivity index (χ3n) is 4.81. The summed E-state index contributed by atoms with van der Waals surface area (Å²) in [4.78, 5) is 3.46. The molecule has 0 amide bonds. The van der Waals surface area contributed by atoms with Crippen molar-refractivity contribution in [2.75, 3.05) is 6.54 Å². The monoisotopic (exact) mass is 322 g/mol. The van der Waals surface area contributed by atoms with Crippen LogP contribution >= 0.6 is 0 Å². The van der Waals surface area contributed by atoms with Crippen LogP contribution in [0, 0.1) is 0 Å². The van der Waals surface area contributed by atoms with E-state index >= 15 is 0 Å². The number of nitrogens with zero attached hydrogens (tertiary/aromatic N) is 2. The number of rotatable bonds is 4. The molecule has 0 radical (unpaired) electrons. The van der Waals surface area contributed by atoms with Crippen LogP contribution in [0.1, 0.15) is 37.4 Å². The van der Waals surface area contributed by atoms with E-state index in [1.807, 2.05) is 24.3 Å². The number of aromatic amines is 1. The average Bonchev–Trinajstić information content (AvgIpc) is 2.88. The molecule has 2 aromatic heterocycles. The highest BCUT2D eigenvalue weighted by molar-refractivity contribution is 5.85. The number of H-pyrrole nitrogens is 1. The van der Waals surface area contributed by atoms with Gasteiger partial charge < -0.3 is 15.4 Å². The average molecular weight is 322 g/mol. The zero-order valence-corrected chi connectivity index (χ0v) is 14.0. The van der Waals surface area contributed by atoms with Gasteiger partial charge in [-0.3, -0.25) is 0 Å². The van der Waals surface area contributed by atoms with Crippen molar-refractivity contribution in [3.05, 3.63) is 41.6 Å². The minimum Gasteiger partial charge on any atom is -0.507 e. The molecule has 3 aromatic rings. The molecule has 3 N–H and O–H groups in total. The first-order valence-corrected chi connectivity index (χ1v) is 8.53. The fourth-order valence-electron chi connectivity index (χ4n) is 3.47. The summed E-state index contributed by atoms with van der Waals surface area (Å²) < 4.78 is 0. The number of nitrogens with one attached hydrogen (secondary N) is 2. The second kappa shape index (κ2) is 5.91. The molecule has 1 atom stereocenters. The van der Waals surface area contributed by atoms with E-state index in [4.69, 9.17) is 0 Å². The fourth-order valence-corrected chi connectivity index (χ4v) is 3.47. The standard InChI is InChI=1S/C19H22N4O/c1-11(2)18-14-10-15(13-5-3-4-6-17(13)24)22-23-19(14)21-16(18)9-12-7-8-20-12/h3-6,10-12,20,24H,7-9H2,1-2H3,(H,21,23). The minimum absolute atomic E-state index is 0.228. The van der Waals surface area contributed by atoms with E-state index in [1.54, 1.807) is 6.07 Å². The van der Waals surface area contributed by atoms with Crippen molar-refractivity contribution in [3.8, 4) is 17.0 Å². The number of aromatic hydroxyl groups is 1. The summed E-state index contributed by atoms with van der Waals surface area (Å²) >= 11 is 0. The van der Waals surface area contributed by atoms with Crippen molar-refractivity contribution < 1.29 is 5.11 Å². The van der Waals surface area contributed by atoms with Gasteiger partial charge in [0.15, 0.2) is 5.65 Å². The Morgan fingerprint density at radius 3 is 2.71 bits per heavy atom. The number of fused-ring (bicyclic) bond motifs is 1. The molecule has 124 valence electrons. The van der Waals surface area contributed by atoms with Crippen LogP contribution in [-0.4, -0.2) is 32.9 Å². The maximum atomic E-state index is 10.1. The molecule has 24 heavy (non-hydrogen) atoms. The summed E-state index contributed by atoms with van der Waals surface area (Å²) in [7, 11) is 0. The van der Waals surface area contributed by atoms with Crippen LogP contribution in [0.2, 0.25) is 0 Å². The molecule has 5 nitrogen and oxygen atoms in total. The molecular formula is C19H22N4O. The Bertz CT molecular complexity index is 880. The molecule has 1 saturated heterocycles. The number of hydrogen-bond donors (Lipinski definition) is 3. The first-order valence-electron chi connectivity index (χ1n) is 8.53. The molecule has 0 aliphatic carbocycles. The number of phenolic OH excluding ortho intramolecular Hbond substituents is 1. The van der Waals surface area contributed by atoms with Gasteiger partial charge in [-0.15, -0.1) is 10.2 Å². The molecule has 3 heterocycles. The summed E-state index contributed by atoms with van der Waals surface area (Å²) in [6, 6.07) is 9.85. The second-order valence-corrected chi connectivity index (χ2v) is 6.82. The molecule has 4 rings (SSSR count). The van der Waals surface area contributed by atoms with Gasteiger partial charge in [0.1, 0.15) is 5.75 Å². The van der Waals surface area contributed by atoms with E-state index < -0.39 is 0 Å². The quantitative estimate of drug-likeness (QED) is 0.688. The number of para-hydroxylation sites is 1. The van der Waals surface area contributed by atoms with Crippen molar-refractivity contribution >= 4 is 11.0 Å². The summed E-state index contributed by atoms with van der Waals surface area (Å²) in [5, 5.41) is 23.3. The molecule has 1 aliphatic rings. The molecule has 0 spiro atoms. The lowest BCUT2D eigenvalue weighted by molar-refractivity contribution is 0.366. The Kier molecular flexibility index (Phi) is 3.73. The lowest BCUT2D eigenvalue weighted by Crippen LogP contribution is -2.44. The van der Waals surface area contributed by atoms with Crippen LogP contribution in [0.4, 0.5) is 0 Å². The smallest absolute Gasteiger partial charge is 0.160 e. The highest BCUT2D eigenvalue weighted by Gasteiger charge is 2.23. The van der Waals surface area contributed by atoms with Gasteiger partial charge in [0.25, 0.3) is 0 Å². The van der Waals surface area contributed by atoms with E-state index in [0.717, 1.165) is 24.0 Å². The maximum Gasteiger partial charge on any atom is 0.160 e. The number of aromatic nitrogens is 3. The zero-order chi connectivity index (χ0) is 16.7. The highest BCUT2D eigenvalue weighted by Crippen LogP contribution is 2.33. The van der Waals surface area contributed by atoms with Crippen LogP contribution in [0.15, 0.2) is 30.3 Å². The third-order valence-corrected chi connectivity index (χ3v) is 4.81. The van der Waals surface area contributed by atoms with Gasteiger partial charge in [-0.25, -0.2) is 0 Å². The highest BCUT2D eigenvalue weighted by atomic mass is 16.3. The Labute approximate surface area is 141 Å². The van der Waals surface area contributed by atoms with Crippen LogP contribution in [-0.2, 0) is 6.42 Å². The molecule has 0 bridgehead atoms. The minimum atomic E-state index is 0.228. The maximum absolute atomic E-state index is 10.1. The Balaban J connectivity index is 1.83. The Hall–Kier alpha value is -2.40. The van der Waals surface area contributed by atoms with Gasteiger partial charge in [-0.2, -0.15) is 0 Å². The van der Waals surface area contributed by atoms with E-state index in [1.165, 1.54) is 17.7 Å². The number of hydrogen-bond acceptors (Lipinski definition) is 4. The van der Waals surface area contributed by atoms with E-state index in [2.05, 4.69) is 34.3 Å². The zero-order valence-electron chi connectivity index (χ0n) is 14.0.